The Morgan fingerprint density at radius 2 is 1.92 bits per heavy atom. The maximum Gasteiger partial charge on any atom is 0.233 e. The molecule has 0 aliphatic carbocycles. The fraction of sp³-hybridized carbons (Fsp3) is 0.529. The number of carbonyl (C=O) groups excluding carboxylic acids is 1. The number of ether oxygens (including phenoxy) is 1. The van der Waals surface area contributed by atoms with Gasteiger partial charge >= 0.3 is 0 Å². The first-order valence-corrected chi connectivity index (χ1v) is 9.38. The molecule has 1 aliphatic heterocycles. The maximum atomic E-state index is 12.5. The lowest BCUT2D eigenvalue weighted by molar-refractivity contribution is -0.130. The highest BCUT2D eigenvalue weighted by molar-refractivity contribution is 7.99. The van der Waals surface area contributed by atoms with Crippen LogP contribution in [0.2, 0.25) is 0 Å². The molecule has 2 aromatic rings. The second-order valence-electron chi connectivity index (χ2n) is 6.60. The number of hydrogen-bond donors (Lipinski definition) is 0. The third-order valence-electron chi connectivity index (χ3n) is 4.30. The first-order chi connectivity index (χ1) is 12.1. The van der Waals surface area contributed by atoms with Gasteiger partial charge in [0.05, 0.1) is 18.6 Å². The van der Waals surface area contributed by atoms with Crippen LogP contribution in [0.1, 0.15) is 20.3 Å². The van der Waals surface area contributed by atoms with Gasteiger partial charge in [0, 0.05) is 13.1 Å². The Morgan fingerprint density at radius 3 is 2.56 bits per heavy atom. The van der Waals surface area contributed by atoms with Gasteiger partial charge in [0.25, 0.3) is 0 Å². The van der Waals surface area contributed by atoms with Gasteiger partial charge in [0.2, 0.25) is 11.1 Å². The molecule has 1 aliphatic rings. The summed E-state index contributed by atoms with van der Waals surface area (Å²) in [5.74, 6) is 2.38. The first-order valence-electron chi connectivity index (χ1n) is 8.40. The number of benzene rings is 1. The van der Waals surface area contributed by atoms with E-state index in [9.17, 15) is 4.79 Å². The Morgan fingerprint density at radius 1 is 1.24 bits per heavy atom. The Kier molecular flexibility index (Phi) is 5.57. The third-order valence-corrected chi connectivity index (χ3v) is 5.21. The quantitative estimate of drug-likeness (QED) is 0.761. The fourth-order valence-corrected chi connectivity index (χ4v) is 4.03. The minimum atomic E-state index is 0.146. The van der Waals surface area contributed by atoms with Gasteiger partial charge in [-0.15, -0.1) is 5.10 Å². The number of likely N-dealkylation sites (tertiary alicyclic amines) is 1. The van der Waals surface area contributed by atoms with E-state index in [0.29, 0.717) is 22.7 Å². The predicted octanol–water partition coefficient (Wildman–Crippen LogP) is 2.27. The molecule has 2 heterocycles. The molecule has 0 saturated carbocycles. The lowest BCUT2D eigenvalue weighted by atomic mass is 9.92. The van der Waals surface area contributed by atoms with Crippen molar-refractivity contribution in [2.75, 3.05) is 26.0 Å². The van der Waals surface area contributed by atoms with Crippen LogP contribution in [0.4, 0.5) is 0 Å². The number of carbonyl (C=O) groups is 1. The maximum absolute atomic E-state index is 12.5. The highest BCUT2D eigenvalue weighted by Crippen LogP contribution is 2.24. The first kappa shape index (κ1) is 17.7. The minimum absolute atomic E-state index is 0.146. The van der Waals surface area contributed by atoms with Crippen LogP contribution in [-0.4, -0.2) is 57.0 Å². The van der Waals surface area contributed by atoms with Crippen LogP contribution in [0.5, 0.6) is 5.75 Å². The van der Waals surface area contributed by atoms with E-state index in [0.717, 1.165) is 24.5 Å². The van der Waals surface area contributed by atoms with E-state index >= 15 is 0 Å². The van der Waals surface area contributed by atoms with Crippen LogP contribution in [0.3, 0.4) is 0 Å². The summed E-state index contributed by atoms with van der Waals surface area (Å²) < 4.78 is 6.80. The number of piperidine rings is 1. The molecule has 8 heteroatoms. The zero-order valence-electron chi connectivity index (χ0n) is 14.8. The zero-order valence-corrected chi connectivity index (χ0v) is 15.6. The van der Waals surface area contributed by atoms with Crippen LogP contribution >= 0.6 is 11.8 Å². The molecule has 1 fully saturated rings. The van der Waals surface area contributed by atoms with Crippen LogP contribution in [0, 0.1) is 11.8 Å². The topological polar surface area (TPSA) is 73.1 Å². The van der Waals surface area contributed by atoms with Crippen LogP contribution in [0.25, 0.3) is 5.69 Å². The number of rotatable bonds is 5. The number of thioether (sulfide) groups is 1. The highest BCUT2D eigenvalue weighted by atomic mass is 32.2. The zero-order chi connectivity index (χ0) is 17.8. The van der Waals surface area contributed by atoms with Crippen LogP contribution < -0.4 is 4.74 Å². The van der Waals surface area contributed by atoms with Crippen molar-refractivity contribution in [2.45, 2.75) is 25.4 Å². The summed E-state index contributed by atoms with van der Waals surface area (Å²) in [5.41, 5.74) is 0.834. The smallest absolute Gasteiger partial charge is 0.233 e. The second kappa shape index (κ2) is 7.86. The van der Waals surface area contributed by atoms with Gasteiger partial charge < -0.3 is 9.64 Å². The predicted molar refractivity (Wildman–Crippen MR) is 96.0 cm³/mol. The largest absolute Gasteiger partial charge is 0.497 e. The lowest BCUT2D eigenvalue weighted by Crippen LogP contribution is -2.43. The van der Waals surface area contributed by atoms with Crippen LogP contribution in [-0.2, 0) is 4.79 Å². The van der Waals surface area contributed by atoms with Gasteiger partial charge in [-0.3, -0.25) is 4.79 Å². The molecule has 0 N–H and O–H groups in total. The number of amides is 1. The molecule has 134 valence electrons. The number of nitrogens with zero attached hydrogens (tertiary/aromatic N) is 5. The Bertz CT molecular complexity index is 708. The molecule has 25 heavy (non-hydrogen) atoms. The average molecular weight is 361 g/mol. The Hall–Kier alpha value is -2.09. The van der Waals surface area contributed by atoms with Gasteiger partial charge in [-0.05, 0) is 52.9 Å². The summed E-state index contributed by atoms with van der Waals surface area (Å²) in [7, 11) is 1.63. The molecule has 0 radical (unpaired) electrons. The Balaban J connectivity index is 1.64. The fourth-order valence-electron chi connectivity index (χ4n) is 3.24. The van der Waals surface area contributed by atoms with Crippen LogP contribution in [0.15, 0.2) is 29.4 Å². The molecular weight excluding hydrogens is 338 g/mol. The van der Waals surface area contributed by atoms with Crippen molar-refractivity contribution in [3.8, 4) is 11.4 Å². The van der Waals surface area contributed by atoms with Gasteiger partial charge in [0.15, 0.2) is 0 Å². The normalized spacial score (nSPS) is 20.5. The molecule has 1 aromatic carbocycles. The summed E-state index contributed by atoms with van der Waals surface area (Å²) in [6.45, 7) is 6.08. The van der Waals surface area contributed by atoms with Gasteiger partial charge in [-0.2, -0.15) is 4.68 Å². The van der Waals surface area contributed by atoms with Crippen molar-refractivity contribution in [3.05, 3.63) is 24.3 Å². The van der Waals surface area contributed by atoms with E-state index in [1.807, 2.05) is 29.2 Å². The highest BCUT2D eigenvalue weighted by Gasteiger charge is 2.25. The summed E-state index contributed by atoms with van der Waals surface area (Å²) >= 11 is 1.37. The summed E-state index contributed by atoms with van der Waals surface area (Å²) in [4.78, 5) is 14.5. The van der Waals surface area contributed by atoms with Crippen molar-refractivity contribution in [1.29, 1.82) is 0 Å². The molecule has 3 rings (SSSR count). The molecule has 0 unspecified atom stereocenters. The van der Waals surface area contributed by atoms with E-state index in [1.165, 1.54) is 18.2 Å². The van der Waals surface area contributed by atoms with E-state index < -0.39 is 0 Å². The van der Waals surface area contributed by atoms with Crippen molar-refractivity contribution in [2.24, 2.45) is 11.8 Å². The van der Waals surface area contributed by atoms with Crippen molar-refractivity contribution >= 4 is 17.7 Å². The molecule has 1 aromatic heterocycles. The number of tetrazole rings is 1. The van der Waals surface area contributed by atoms with Gasteiger partial charge in [-0.1, -0.05) is 25.6 Å². The number of aromatic nitrogens is 4. The SMILES string of the molecule is COc1ccc(-n2nnnc2SCC(=O)N2C[C@@H](C)C[C@H](C)C2)cc1. The summed E-state index contributed by atoms with van der Waals surface area (Å²) in [5, 5.41) is 12.4. The molecule has 7 nitrogen and oxygen atoms in total. The van der Waals surface area contributed by atoms with E-state index in [2.05, 4.69) is 29.4 Å². The molecule has 2 atom stereocenters. The second-order valence-corrected chi connectivity index (χ2v) is 7.55. The Labute approximate surface area is 151 Å². The lowest BCUT2D eigenvalue weighted by Gasteiger charge is -2.34. The van der Waals surface area contributed by atoms with Crippen molar-refractivity contribution in [3.63, 3.8) is 0 Å². The van der Waals surface area contributed by atoms with E-state index in [4.69, 9.17) is 4.74 Å². The monoisotopic (exact) mass is 361 g/mol. The minimum Gasteiger partial charge on any atom is -0.497 e. The standard InChI is InChI=1S/C17H23N5O2S/c1-12-8-13(2)10-21(9-12)16(23)11-25-17-18-19-20-22(17)14-4-6-15(24-3)7-5-14/h4-7,12-13H,8-11H2,1-3H3/t12-,13-/m0/s1. The molecule has 0 spiro atoms. The molecule has 1 saturated heterocycles. The van der Waals surface area contributed by atoms with Crippen molar-refractivity contribution < 1.29 is 9.53 Å². The molecule has 1 amide bonds. The van der Waals surface area contributed by atoms with Gasteiger partial charge in [0.1, 0.15) is 5.75 Å². The number of hydrogen-bond acceptors (Lipinski definition) is 6. The molecular formula is C17H23N5O2S. The van der Waals surface area contributed by atoms with E-state index in [1.54, 1.807) is 11.8 Å². The molecule has 0 bridgehead atoms. The van der Waals surface area contributed by atoms with Crippen molar-refractivity contribution in [1.82, 2.24) is 25.1 Å². The third kappa shape index (κ3) is 4.31. The van der Waals surface area contributed by atoms with Gasteiger partial charge in [-0.25, -0.2) is 0 Å². The summed E-state index contributed by atoms with van der Waals surface area (Å²) in [6, 6.07) is 7.48. The number of methoxy groups -OCH3 is 1. The van der Waals surface area contributed by atoms with E-state index in [-0.39, 0.29) is 5.91 Å². The average Bonchev–Trinajstić information content (AvgIpc) is 3.07. The summed E-state index contributed by atoms with van der Waals surface area (Å²) in [6.07, 6.45) is 1.19.